The molecule has 1 aromatic heterocycles. The molecule has 4 nitrogen and oxygen atoms in total. The van der Waals surface area contributed by atoms with Crippen molar-refractivity contribution in [2.75, 3.05) is 4.90 Å². The molecule has 1 unspecified atom stereocenters. The van der Waals surface area contributed by atoms with Gasteiger partial charge in [-0.15, -0.1) is 0 Å². The molecule has 0 fully saturated rings. The van der Waals surface area contributed by atoms with Crippen molar-refractivity contribution in [3.8, 4) is 45.0 Å². The maximum absolute atomic E-state index is 16.6. The first-order valence-corrected chi connectivity index (χ1v) is 21.9. The van der Waals surface area contributed by atoms with Crippen LogP contribution in [-0.2, 0) is 4.57 Å². The van der Waals surface area contributed by atoms with Crippen LogP contribution in [0.1, 0.15) is 24.0 Å². The topological polar surface area (TPSA) is 46.1 Å². The van der Waals surface area contributed by atoms with Crippen molar-refractivity contribution in [3.05, 3.63) is 228 Å². The predicted molar refractivity (Wildman–Crippen MR) is 244 cm³/mol. The fourth-order valence-corrected chi connectivity index (χ4v) is 12.4. The number of nitrogens with zero attached hydrogens (tertiary/aromatic N) is 3. The zero-order valence-electron chi connectivity index (χ0n) is 32.2. The number of para-hydroxylation sites is 2. The van der Waals surface area contributed by atoms with E-state index in [0.29, 0.717) is 5.82 Å². The Kier molecular flexibility index (Phi) is 8.53. The maximum atomic E-state index is 16.6. The van der Waals surface area contributed by atoms with Crippen LogP contribution in [0.15, 0.2) is 217 Å². The van der Waals surface area contributed by atoms with Crippen LogP contribution in [0.4, 0.5) is 17.1 Å². The highest BCUT2D eigenvalue weighted by molar-refractivity contribution is 7.85. The van der Waals surface area contributed by atoms with Gasteiger partial charge in [0.05, 0.1) is 22.8 Å². The summed E-state index contributed by atoms with van der Waals surface area (Å²) in [6.45, 7) is 0. The summed E-state index contributed by atoms with van der Waals surface area (Å²) in [7, 11) is -3.34. The molecule has 7 aromatic carbocycles. The molecule has 280 valence electrons. The van der Waals surface area contributed by atoms with E-state index >= 15 is 4.57 Å². The van der Waals surface area contributed by atoms with E-state index in [1.807, 2.05) is 42.5 Å². The monoisotopic (exact) mass is 775 g/mol. The van der Waals surface area contributed by atoms with Gasteiger partial charge in [-0.2, -0.15) is 0 Å². The Balaban J connectivity index is 1.07. The van der Waals surface area contributed by atoms with E-state index in [9.17, 15) is 0 Å². The quantitative estimate of drug-likeness (QED) is 0.158. The van der Waals surface area contributed by atoms with E-state index in [4.69, 9.17) is 9.97 Å². The van der Waals surface area contributed by atoms with E-state index in [2.05, 4.69) is 169 Å². The number of allylic oxidation sites excluding steroid dienone is 5. The van der Waals surface area contributed by atoms with Gasteiger partial charge in [-0.1, -0.05) is 170 Å². The fraction of sp³-hybridized carbons (Fsp3) is 0.0370. The smallest absolute Gasteiger partial charge is 0.172 e. The Labute approximate surface area is 344 Å². The zero-order valence-corrected chi connectivity index (χ0v) is 33.1. The summed E-state index contributed by atoms with van der Waals surface area (Å²) in [5.41, 5.74) is 14.4. The van der Waals surface area contributed by atoms with Gasteiger partial charge in [0.15, 0.2) is 13.0 Å². The lowest BCUT2D eigenvalue weighted by atomic mass is 9.90. The van der Waals surface area contributed by atoms with Gasteiger partial charge in [0.25, 0.3) is 0 Å². The van der Waals surface area contributed by atoms with Gasteiger partial charge in [0.2, 0.25) is 0 Å². The highest BCUT2D eigenvalue weighted by atomic mass is 31.2. The SMILES string of the molecule is O=P1(c2cccc(-c3ccccc3)c2)C2=C(CCC=C2)C2=C1c1ccccc1N(c1ccc(-c3cc(-c4ccccc4)nc(-c4ccccc4)n3)cc1)c1ccccc12. The molecule has 0 bridgehead atoms. The highest BCUT2D eigenvalue weighted by Crippen LogP contribution is 2.75. The number of hydrogen-bond donors (Lipinski definition) is 0. The molecule has 3 heterocycles. The largest absolute Gasteiger partial charge is 0.309 e. The van der Waals surface area contributed by atoms with Crippen molar-refractivity contribution in [1.82, 2.24) is 9.97 Å². The molecule has 0 saturated carbocycles. The van der Waals surface area contributed by atoms with Gasteiger partial charge in [-0.3, -0.25) is 0 Å². The minimum atomic E-state index is -3.34. The average molecular weight is 776 g/mol. The molecule has 8 aromatic rings. The number of benzene rings is 7. The Morgan fingerprint density at radius 3 is 1.75 bits per heavy atom. The highest BCUT2D eigenvalue weighted by Gasteiger charge is 2.47. The molecular weight excluding hydrogens is 738 g/mol. The first-order chi connectivity index (χ1) is 29.1. The molecule has 3 aliphatic rings. The van der Waals surface area contributed by atoms with E-state index in [1.165, 1.54) is 5.57 Å². The molecule has 0 N–H and O–H groups in total. The third kappa shape index (κ3) is 5.87. The van der Waals surface area contributed by atoms with Crippen molar-refractivity contribution < 1.29 is 4.57 Å². The summed E-state index contributed by atoms with van der Waals surface area (Å²) in [5.74, 6) is 0.687. The Hall–Kier alpha value is -7.13. The molecule has 11 rings (SSSR count). The van der Waals surface area contributed by atoms with E-state index in [1.54, 1.807) is 0 Å². The summed E-state index contributed by atoms with van der Waals surface area (Å²) in [6.07, 6.45) is 6.11. The van der Waals surface area contributed by atoms with Crippen molar-refractivity contribution in [1.29, 1.82) is 0 Å². The molecule has 5 heteroatoms. The van der Waals surface area contributed by atoms with Crippen molar-refractivity contribution in [3.63, 3.8) is 0 Å². The number of anilines is 3. The van der Waals surface area contributed by atoms with Crippen LogP contribution in [0.2, 0.25) is 0 Å². The molecular formula is C54H38N3OP. The summed E-state index contributed by atoms with van der Waals surface area (Å²) in [6, 6.07) is 67.2. The minimum absolute atomic E-state index is 0.687. The van der Waals surface area contributed by atoms with Crippen LogP contribution in [0.3, 0.4) is 0 Å². The Morgan fingerprint density at radius 2 is 1.05 bits per heavy atom. The second-order valence-corrected chi connectivity index (χ2v) is 17.8. The molecule has 1 atom stereocenters. The van der Waals surface area contributed by atoms with Crippen LogP contribution < -0.4 is 10.2 Å². The number of rotatable bonds is 6. The standard InChI is InChI=1S/C54H38N3OP/c58-59(43-24-16-23-41(35-43)37-17-4-1-5-18-37)51-30-15-12-27-46(51)52-44-25-10-13-28-49(44)57(50-29-14-11-26-45(50)53(52)59)42-33-31-39(32-34-42)48-36-47(38-19-6-2-7-20-38)55-54(56-48)40-21-8-3-9-22-40/h1-11,13-26,28-36H,12,27H2. The molecule has 0 spiro atoms. The Morgan fingerprint density at radius 1 is 0.492 bits per heavy atom. The van der Waals surface area contributed by atoms with Crippen molar-refractivity contribution >= 4 is 40.4 Å². The van der Waals surface area contributed by atoms with Gasteiger partial charge in [-0.25, -0.2) is 9.97 Å². The van der Waals surface area contributed by atoms with E-state index in [0.717, 1.165) is 102 Å². The van der Waals surface area contributed by atoms with Crippen molar-refractivity contribution in [2.24, 2.45) is 0 Å². The van der Waals surface area contributed by atoms with Gasteiger partial charge >= 0.3 is 0 Å². The first-order valence-electron chi connectivity index (χ1n) is 20.2. The number of aromatic nitrogens is 2. The lowest BCUT2D eigenvalue weighted by Gasteiger charge is -2.29. The lowest BCUT2D eigenvalue weighted by molar-refractivity contribution is 0.591. The summed E-state index contributed by atoms with van der Waals surface area (Å²) in [5, 5.41) is 2.77. The lowest BCUT2D eigenvalue weighted by Crippen LogP contribution is -2.13. The number of fused-ring (bicyclic) bond motifs is 5. The van der Waals surface area contributed by atoms with Crippen LogP contribution in [0, 0.1) is 0 Å². The molecule has 0 saturated heterocycles. The second kappa shape index (κ2) is 14.4. The molecule has 0 radical (unpaired) electrons. The van der Waals surface area contributed by atoms with Crippen LogP contribution in [0.25, 0.3) is 55.9 Å². The summed E-state index contributed by atoms with van der Waals surface area (Å²) < 4.78 is 16.6. The predicted octanol–water partition coefficient (Wildman–Crippen LogP) is 14.1. The molecule has 59 heavy (non-hydrogen) atoms. The van der Waals surface area contributed by atoms with Crippen molar-refractivity contribution in [2.45, 2.75) is 12.8 Å². The summed E-state index contributed by atoms with van der Waals surface area (Å²) in [4.78, 5) is 12.5. The van der Waals surface area contributed by atoms with Gasteiger partial charge in [0, 0.05) is 49.4 Å². The second-order valence-electron chi connectivity index (χ2n) is 15.2. The first kappa shape index (κ1) is 35.1. The van der Waals surface area contributed by atoms with Crippen LogP contribution in [0.5, 0.6) is 0 Å². The fourth-order valence-electron chi connectivity index (χ4n) is 9.00. The van der Waals surface area contributed by atoms with Gasteiger partial charge < -0.3 is 9.46 Å². The maximum Gasteiger partial charge on any atom is 0.172 e. The average Bonchev–Trinajstić information content (AvgIpc) is 3.51. The summed E-state index contributed by atoms with van der Waals surface area (Å²) >= 11 is 0. The van der Waals surface area contributed by atoms with E-state index < -0.39 is 7.14 Å². The number of hydrogen-bond acceptors (Lipinski definition) is 4. The van der Waals surface area contributed by atoms with Crippen LogP contribution >= 0.6 is 7.14 Å². The minimum Gasteiger partial charge on any atom is -0.309 e. The Bertz CT molecular complexity index is 3000. The van der Waals surface area contributed by atoms with Gasteiger partial charge in [-0.05, 0) is 71.5 Å². The third-order valence-corrected chi connectivity index (χ3v) is 14.9. The van der Waals surface area contributed by atoms with E-state index in [-0.39, 0.29) is 0 Å². The van der Waals surface area contributed by atoms with Crippen LogP contribution in [-0.4, -0.2) is 9.97 Å². The zero-order chi connectivity index (χ0) is 39.3. The van der Waals surface area contributed by atoms with Gasteiger partial charge in [0.1, 0.15) is 0 Å². The molecule has 2 aliphatic heterocycles. The molecule has 1 aliphatic carbocycles. The molecule has 0 amide bonds. The third-order valence-electron chi connectivity index (χ3n) is 11.7. The normalized spacial score (nSPS) is 16.6.